The van der Waals surface area contributed by atoms with E-state index < -0.39 is 0 Å². The maximum Gasteiger partial charge on any atom is 0.0886 e. The first kappa shape index (κ1) is 27.1. The molecule has 2 rings (SSSR count). The molecule has 0 spiro atoms. The second-order valence-electron chi connectivity index (χ2n) is 2.43. The summed E-state index contributed by atoms with van der Waals surface area (Å²) in [7, 11) is 0. The summed E-state index contributed by atoms with van der Waals surface area (Å²) < 4.78 is 22.5. The first-order chi connectivity index (χ1) is 9.97. The fourth-order valence-corrected chi connectivity index (χ4v) is 1.03. The van der Waals surface area contributed by atoms with Gasteiger partial charge in [0.1, 0.15) is 0 Å². The molecule has 0 atom stereocenters. The van der Waals surface area contributed by atoms with Crippen molar-refractivity contribution in [3.05, 3.63) is 75.3 Å². The Kier molecular flexibility index (Phi) is 33.9. The van der Waals surface area contributed by atoms with Crippen LogP contribution in [0.2, 0.25) is 0 Å². The van der Waals surface area contributed by atoms with Gasteiger partial charge in [-0.05, 0) is 24.3 Å². The molecule has 2 aromatic heterocycles. The molecule has 1 radical (unpaired) electrons. The summed E-state index contributed by atoms with van der Waals surface area (Å²) in [4.78, 5) is 8.37. The fourth-order valence-electron chi connectivity index (χ4n) is 1.03. The maximum atomic E-state index is 7.50. The first-order valence-corrected chi connectivity index (χ1v) is 4.63. The van der Waals surface area contributed by atoms with Crippen LogP contribution in [0, 0.1) is 31.8 Å². The van der Waals surface area contributed by atoms with E-state index >= 15 is 0 Å². The van der Waals surface area contributed by atoms with Crippen molar-refractivity contribution in [3.63, 3.8) is 0 Å². The summed E-state index contributed by atoms with van der Waals surface area (Å²) in [6.45, 7) is 18.2. The summed E-state index contributed by atoms with van der Waals surface area (Å²) >= 11 is 0. The number of hydrogen-bond donors (Lipinski definition) is 0. The molecule has 2 heterocycles. The molecule has 0 saturated carbocycles. The Hall–Kier alpha value is -2.33. The van der Waals surface area contributed by atoms with Crippen molar-refractivity contribution in [2.24, 2.45) is 0 Å². The van der Waals surface area contributed by atoms with Crippen LogP contribution in [0.3, 0.4) is 0 Å². The molecular weight excluding hydrogens is 444 g/mol. The van der Waals surface area contributed by atoms with Crippen LogP contribution in [0.5, 0.6) is 0 Å². The Balaban J connectivity index is -0.000000141. The van der Waals surface area contributed by atoms with E-state index in [1.165, 1.54) is 0 Å². The van der Waals surface area contributed by atoms with Crippen molar-refractivity contribution in [2.75, 3.05) is 0 Å². The summed E-state index contributed by atoms with van der Waals surface area (Å²) in [5, 5.41) is 6.25. The van der Waals surface area contributed by atoms with E-state index in [9.17, 15) is 0 Å². The standard InChI is InChI=1S/C10H8N2.CN.3CO.Re/c1-3-7-11-9(5-1)10-6-2-4-8-12-10;4*1-2;/h1-8H;;;;;/q;-1;;;;. The zero-order chi connectivity index (χ0) is 16.2. The molecule has 7 heteroatoms. The van der Waals surface area contributed by atoms with Gasteiger partial charge in [-0.15, -0.1) is 0 Å². The SMILES string of the molecule is [C-]#N.[C-]#[O+].[C-]#[O+].[C-]#[O+].[Re].c1ccc(-c2ccccn2)nc1. The number of rotatable bonds is 1. The van der Waals surface area contributed by atoms with Crippen LogP contribution in [-0.4, -0.2) is 9.97 Å². The van der Waals surface area contributed by atoms with Gasteiger partial charge >= 0.3 is 33.9 Å². The molecule has 21 heavy (non-hydrogen) atoms. The quantitative estimate of drug-likeness (QED) is 0.488. The van der Waals surface area contributed by atoms with Gasteiger partial charge in [0.05, 0.1) is 11.4 Å². The van der Waals surface area contributed by atoms with E-state index in [2.05, 4.69) is 29.9 Å². The van der Waals surface area contributed by atoms with Crippen LogP contribution in [0.25, 0.3) is 11.4 Å². The monoisotopic (exact) mass is 453 g/mol. The molecular formula is C14H8N3O3Re-. The van der Waals surface area contributed by atoms with E-state index in [0.717, 1.165) is 11.4 Å². The van der Waals surface area contributed by atoms with E-state index in [4.69, 9.17) is 25.8 Å². The normalized spacial score (nSPS) is 5.90. The topological polar surface area (TPSA) is 109 Å². The van der Waals surface area contributed by atoms with Crippen molar-refractivity contribution < 1.29 is 34.4 Å². The minimum atomic E-state index is 0. The molecule has 2 aromatic rings. The molecule has 0 aliphatic heterocycles. The molecule has 0 bridgehead atoms. The second kappa shape index (κ2) is 26.3. The molecule has 105 valence electrons. The molecule has 0 fully saturated rings. The van der Waals surface area contributed by atoms with Crippen molar-refractivity contribution >= 4 is 0 Å². The largest absolute Gasteiger partial charge is 0.255 e. The van der Waals surface area contributed by atoms with Gasteiger partial charge in [-0.3, -0.25) is 9.97 Å². The van der Waals surface area contributed by atoms with Gasteiger partial charge < -0.3 is 11.8 Å². The molecule has 0 aliphatic rings. The van der Waals surface area contributed by atoms with Gasteiger partial charge in [-0.25, -0.2) is 0 Å². The number of aromatic nitrogens is 2. The van der Waals surface area contributed by atoms with Crippen LogP contribution in [0.15, 0.2) is 48.8 Å². The van der Waals surface area contributed by atoms with Crippen molar-refractivity contribution in [1.82, 2.24) is 9.97 Å². The predicted molar refractivity (Wildman–Crippen MR) is 64.2 cm³/mol. The van der Waals surface area contributed by atoms with Gasteiger partial charge in [0, 0.05) is 32.8 Å². The van der Waals surface area contributed by atoms with Crippen LogP contribution in [-0.2, 0) is 34.4 Å². The zero-order valence-electron chi connectivity index (χ0n) is 10.6. The van der Waals surface area contributed by atoms with E-state index in [-0.39, 0.29) is 20.4 Å². The first-order valence-electron chi connectivity index (χ1n) is 4.63. The third-order valence-electron chi connectivity index (χ3n) is 1.59. The fraction of sp³-hybridized carbons (Fsp3) is 0. The minimum absolute atomic E-state index is 0. The third kappa shape index (κ3) is 13.9. The second-order valence-corrected chi connectivity index (χ2v) is 2.43. The molecule has 0 aromatic carbocycles. The maximum absolute atomic E-state index is 7.50. The smallest absolute Gasteiger partial charge is 0.0886 e. The summed E-state index contributed by atoms with van der Waals surface area (Å²) in [6.07, 6.45) is 3.54. The van der Waals surface area contributed by atoms with Gasteiger partial charge in [-0.1, -0.05) is 12.1 Å². The number of nitrogens with zero attached hydrogens (tertiary/aromatic N) is 3. The number of pyridine rings is 2. The Morgan fingerprint density at radius 1 is 0.667 bits per heavy atom. The average molecular weight is 452 g/mol. The van der Waals surface area contributed by atoms with Crippen LogP contribution in [0.1, 0.15) is 0 Å². The molecule has 0 amide bonds. The Morgan fingerprint density at radius 3 is 1.14 bits per heavy atom. The molecule has 0 aliphatic carbocycles. The van der Waals surface area contributed by atoms with Crippen LogP contribution in [0.4, 0.5) is 0 Å². The predicted octanol–water partition coefficient (Wildman–Crippen LogP) is 2.12. The molecule has 0 saturated heterocycles. The summed E-state index contributed by atoms with van der Waals surface area (Å²) in [5.74, 6) is 0. The third-order valence-corrected chi connectivity index (χ3v) is 1.59. The van der Waals surface area contributed by atoms with Crippen molar-refractivity contribution in [1.29, 1.82) is 5.26 Å². The molecule has 6 nitrogen and oxygen atoms in total. The van der Waals surface area contributed by atoms with Crippen molar-refractivity contribution in [2.45, 2.75) is 0 Å². The summed E-state index contributed by atoms with van der Waals surface area (Å²) in [6, 6.07) is 11.6. The number of hydrogen-bond acceptors (Lipinski definition) is 3. The molecule has 0 N–H and O–H groups in total. The van der Waals surface area contributed by atoms with Gasteiger partial charge in [-0.2, -0.15) is 0 Å². The van der Waals surface area contributed by atoms with E-state index in [0.29, 0.717) is 0 Å². The van der Waals surface area contributed by atoms with E-state index in [1.54, 1.807) is 12.4 Å². The molecule has 0 unspecified atom stereocenters. The average Bonchev–Trinajstić information content (AvgIpc) is 2.63. The summed E-state index contributed by atoms with van der Waals surface area (Å²) in [5.41, 5.74) is 1.83. The zero-order valence-corrected chi connectivity index (χ0v) is 13.3. The Morgan fingerprint density at radius 2 is 0.952 bits per heavy atom. The van der Waals surface area contributed by atoms with Gasteiger partial charge in [0.25, 0.3) is 0 Å². The minimum Gasteiger partial charge on any atom is -0.255 e. The Bertz CT molecular complexity index is 449. The van der Waals surface area contributed by atoms with Gasteiger partial charge in [0.2, 0.25) is 0 Å². The van der Waals surface area contributed by atoms with Gasteiger partial charge in [0.15, 0.2) is 0 Å². The van der Waals surface area contributed by atoms with E-state index in [1.807, 2.05) is 36.4 Å². The van der Waals surface area contributed by atoms with Crippen LogP contribution < -0.4 is 0 Å². The van der Waals surface area contributed by atoms with Crippen molar-refractivity contribution in [3.8, 4) is 11.4 Å². The van der Waals surface area contributed by atoms with Crippen LogP contribution >= 0.6 is 0 Å². The Labute approximate surface area is 136 Å².